The average molecular weight is 276 g/mol. The molecule has 0 aliphatic heterocycles. The van der Waals surface area contributed by atoms with Gasteiger partial charge in [-0.05, 0) is 57.7 Å². The van der Waals surface area contributed by atoms with Crippen LogP contribution in [-0.4, -0.2) is 9.85 Å². The van der Waals surface area contributed by atoms with Gasteiger partial charge in [-0.2, -0.15) is 0 Å². The first kappa shape index (κ1) is 14.1. The van der Waals surface area contributed by atoms with Crippen LogP contribution in [0.1, 0.15) is 44.7 Å². The van der Waals surface area contributed by atoms with Crippen molar-refractivity contribution in [3.8, 4) is 0 Å². The Kier molecular flexibility index (Phi) is 3.99. The fourth-order valence-corrected chi connectivity index (χ4v) is 1.93. The maximum absolute atomic E-state index is 10.0. The number of hydrogen-bond acceptors (Lipinski definition) is 4. The fraction of sp³-hybridized carbons (Fsp3) is 0.467. The topological polar surface area (TPSA) is 45.0 Å². The summed E-state index contributed by atoms with van der Waals surface area (Å²) in [4.78, 5) is 0. The normalized spacial score (nSPS) is 15.1. The SMILES string of the molecule is Cc1ccc(C(O)=C2CC2)cc1N=NSC(C)(C)C. The van der Waals surface area contributed by atoms with Crippen molar-refractivity contribution in [1.29, 1.82) is 0 Å². The number of aliphatic hydroxyl groups excluding tert-OH is 1. The van der Waals surface area contributed by atoms with Crippen LogP contribution in [0.3, 0.4) is 0 Å². The van der Waals surface area contributed by atoms with Crippen LogP contribution in [0.25, 0.3) is 5.76 Å². The average Bonchev–Trinajstić information content (AvgIpc) is 3.13. The van der Waals surface area contributed by atoms with Gasteiger partial charge in [-0.3, -0.25) is 0 Å². The number of aliphatic hydroxyl groups is 1. The highest BCUT2D eigenvalue weighted by Gasteiger charge is 2.19. The van der Waals surface area contributed by atoms with Crippen LogP contribution in [0.2, 0.25) is 0 Å². The highest BCUT2D eigenvalue weighted by atomic mass is 32.2. The summed E-state index contributed by atoms with van der Waals surface area (Å²) in [5.74, 6) is 0.417. The molecule has 0 radical (unpaired) electrons. The van der Waals surface area contributed by atoms with Gasteiger partial charge in [-0.1, -0.05) is 12.1 Å². The van der Waals surface area contributed by atoms with Crippen molar-refractivity contribution in [2.75, 3.05) is 0 Å². The van der Waals surface area contributed by atoms with Crippen LogP contribution in [0, 0.1) is 6.92 Å². The Morgan fingerprint density at radius 1 is 1.26 bits per heavy atom. The molecular formula is C15H20N2OS. The van der Waals surface area contributed by atoms with Gasteiger partial charge in [0, 0.05) is 22.3 Å². The first-order valence-electron chi connectivity index (χ1n) is 6.48. The van der Waals surface area contributed by atoms with Crippen LogP contribution in [-0.2, 0) is 0 Å². The van der Waals surface area contributed by atoms with Gasteiger partial charge in [0.25, 0.3) is 0 Å². The van der Waals surface area contributed by atoms with Crippen LogP contribution < -0.4 is 0 Å². The maximum atomic E-state index is 10.0. The van der Waals surface area contributed by atoms with Crippen molar-refractivity contribution in [1.82, 2.24) is 0 Å². The smallest absolute Gasteiger partial charge is 0.122 e. The number of allylic oxidation sites excluding steroid dienone is 1. The van der Waals surface area contributed by atoms with Gasteiger partial charge in [-0.25, -0.2) is 0 Å². The van der Waals surface area contributed by atoms with Gasteiger partial charge in [0.2, 0.25) is 0 Å². The standard InChI is InChI=1S/C15H20N2OS/c1-10-5-6-12(14(18)11-7-8-11)9-13(10)16-17-19-15(2,3)4/h5-6,9,18H,7-8H2,1-4H3. The molecule has 4 heteroatoms. The first-order valence-corrected chi connectivity index (χ1v) is 7.25. The molecule has 3 nitrogen and oxygen atoms in total. The molecule has 1 N–H and O–H groups in total. The van der Waals surface area contributed by atoms with E-state index in [0.717, 1.165) is 35.2 Å². The lowest BCUT2D eigenvalue weighted by atomic mass is 10.1. The first-order chi connectivity index (χ1) is 8.87. The molecule has 1 aliphatic rings. The highest BCUT2D eigenvalue weighted by Crippen LogP contribution is 2.36. The molecule has 1 aliphatic carbocycles. The zero-order valence-corrected chi connectivity index (χ0v) is 12.7. The summed E-state index contributed by atoms with van der Waals surface area (Å²) < 4.78 is 4.24. The van der Waals surface area contributed by atoms with E-state index in [2.05, 4.69) is 30.4 Å². The number of rotatable bonds is 3. The summed E-state index contributed by atoms with van der Waals surface area (Å²) in [7, 11) is 0. The van der Waals surface area contributed by atoms with Crippen molar-refractivity contribution < 1.29 is 5.11 Å². The predicted octanol–water partition coefficient (Wildman–Crippen LogP) is 5.59. The van der Waals surface area contributed by atoms with Gasteiger partial charge in [0.05, 0.1) is 5.69 Å². The summed E-state index contributed by atoms with van der Waals surface area (Å²) in [6.07, 6.45) is 2.02. The number of benzene rings is 1. The summed E-state index contributed by atoms with van der Waals surface area (Å²) in [5.41, 5.74) is 3.86. The molecule has 0 atom stereocenters. The van der Waals surface area contributed by atoms with Gasteiger partial charge in [0.15, 0.2) is 0 Å². The largest absolute Gasteiger partial charge is 0.507 e. The summed E-state index contributed by atoms with van der Waals surface area (Å²) >= 11 is 1.45. The molecule has 1 fully saturated rings. The van der Waals surface area contributed by atoms with Crippen molar-refractivity contribution in [3.63, 3.8) is 0 Å². The molecule has 2 rings (SSSR count). The molecule has 1 saturated carbocycles. The lowest BCUT2D eigenvalue weighted by Gasteiger charge is -2.11. The third-order valence-corrected chi connectivity index (χ3v) is 3.49. The second-order valence-corrected chi connectivity index (χ2v) is 7.41. The zero-order chi connectivity index (χ0) is 14.0. The molecule has 0 unspecified atom stereocenters. The molecule has 0 aromatic heterocycles. The zero-order valence-electron chi connectivity index (χ0n) is 11.9. The predicted molar refractivity (Wildman–Crippen MR) is 81.8 cm³/mol. The molecule has 102 valence electrons. The summed E-state index contributed by atoms with van der Waals surface area (Å²) in [6, 6.07) is 5.82. The van der Waals surface area contributed by atoms with E-state index in [-0.39, 0.29) is 4.75 Å². The van der Waals surface area contributed by atoms with E-state index in [4.69, 9.17) is 0 Å². The Balaban J connectivity index is 2.20. The molecule has 1 aromatic carbocycles. The van der Waals surface area contributed by atoms with Crippen molar-refractivity contribution in [2.24, 2.45) is 9.63 Å². The third-order valence-electron chi connectivity index (χ3n) is 2.78. The Morgan fingerprint density at radius 3 is 2.53 bits per heavy atom. The van der Waals surface area contributed by atoms with Gasteiger partial charge in [0.1, 0.15) is 5.76 Å². The second-order valence-electron chi connectivity index (χ2n) is 5.84. The van der Waals surface area contributed by atoms with Crippen molar-refractivity contribution >= 4 is 23.4 Å². The third kappa shape index (κ3) is 4.10. The van der Waals surface area contributed by atoms with E-state index < -0.39 is 0 Å². The van der Waals surface area contributed by atoms with E-state index in [9.17, 15) is 5.11 Å². The molecular weight excluding hydrogens is 256 g/mol. The quantitative estimate of drug-likeness (QED) is 0.444. The lowest BCUT2D eigenvalue weighted by molar-refractivity contribution is 0.509. The fourth-order valence-electron chi connectivity index (χ4n) is 1.55. The van der Waals surface area contributed by atoms with Gasteiger partial charge >= 0.3 is 0 Å². The van der Waals surface area contributed by atoms with Gasteiger partial charge in [-0.15, -0.1) is 9.63 Å². The van der Waals surface area contributed by atoms with E-state index >= 15 is 0 Å². The van der Waals surface area contributed by atoms with Crippen LogP contribution in [0.4, 0.5) is 5.69 Å². The summed E-state index contributed by atoms with van der Waals surface area (Å²) in [5, 5.41) is 14.3. The molecule has 0 bridgehead atoms. The number of nitrogens with zero attached hydrogens (tertiary/aromatic N) is 2. The molecule has 0 spiro atoms. The minimum Gasteiger partial charge on any atom is -0.507 e. The minimum atomic E-state index is 0.0626. The van der Waals surface area contributed by atoms with E-state index in [1.54, 1.807) is 0 Å². The van der Waals surface area contributed by atoms with Crippen molar-refractivity contribution in [2.45, 2.75) is 45.3 Å². The van der Waals surface area contributed by atoms with E-state index in [1.165, 1.54) is 11.9 Å². The number of hydrogen-bond donors (Lipinski definition) is 1. The monoisotopic (exact) mass is 276 g/mol. The van der Waals surface area contributed by atoms with Crippen molar-refractivity contribution in [3.05, 3.63) is 34.9 Å². The molecule has 0 saturated heterocycles. The molecule has 0 amide bonds. The Labute approximate surface area is 119 Å². The number of aryl methyl sites for hydroxylation is 1. The van der Waals surface area contributed by atoms with Crippen LogP contribution in [0.5, 0.6) is 0 Å². The molecule has 1 aromatic rings. The highest BCUT2D eigenvalue weighted by molar-refractivity contribution is 7.99. The van der Waals surface area contributed by atoms with E-state index in [1.807, 2.05) is 25.1 Å². The van der Waals surface area contributed by atoms with Gasteiger partial charge < -0.3 is 5.11 Å². The minimum absolute atomic E-state index is 0.0626. The summed E-state index contributed by atoms with van der Waals surface area (Å²) in [6.45, 7) is 8.30. The Bertz CT molecular complexity index is 536. The Hall–Kier alpha value is -1.29. The van der Waals surface area contributed by atoms with Crippen LogP contribution >= 0.6 is 11.9 Å². The maximum Gasteiger partial charge on any atom is 0.122 e. The Morgan fingerprint density at radius 2 is 1.95 bits per heavy atom. The second kappa shape index (κ2) is 5.37. The molecule has 19 heavy (non-hydrogen) atoms. The van der Waals surface area contributed by atoms with E-state index in [0.29, 0.717) is 5.76 Å². The van der Waals surface area contributed by atoms with Crippen LogP contribution in [0.15, 0.2) is 33.4 Å². The lowest BCUT2D eigenvalue weighted by Crippen LogP contribution is -2.04. The molecule has 0 heterocycles.